The first-order chi connectivity index (χ1) is 10.1. The quantitative estimate of drug-likeness (QED) is 0.640. The normalized spacial score (nSPS) is 28.8. The molecule has 0 aromatic carbocycles. The Balaban J connectivity index is 1.92. The predicted octanol–water partition coefficient (Wildman–Crippen LogP) is -0.648. The number of aromatic nitrogens is 4. The van der Waals surface area contributed by atoms with Gasteiger partial charge in [0.2, 0.25) is 0 Å². The van der Waals surface area contributed by atoms with Gasteiger partial charge in [-0.05, 0) is 5.25 Å². The first-order valence-electron chi connectivity index (χ1n) is 6.15. The highest BCUT2D eigenvalue weighted by Gasteiger charge is 2.44. The minimum absolute atomic E-state index is 0.242. The number of anilines is 1. The molecule has 4 N–H and O–H groups in total. The van der Waals surface area contributed by atoms with Gasteiger partial charge in [-0.1, -0.05) is 11.8 Å². The number of imidazole rings is 1. The van der Waals surface area contributed by atoms with Crippen molar-refractivity contribution >= 4 is 28.7 Å². The lowest BCUT2D eigenvalue weighted by molar-refractivity contribution is -0.0288. The molecule has 0 amide bonds. The summed E-state index contributed by atoms with van der Waals surface area (Å²) >= 11 is 1.18. The number of nitrogens with zero attached hydrogens (tertiary/aromatic N) is 4. The Labute approximate surface area is 124 Å². The third-order valence-corrected chi connectivity index (χ3v) is 3.99. The molecule has 1 fully saturated rings. The van der Waals surface area contributed by atoms with Crippen molar-refractivity contribution in [3.05, 3.63) is 12.7 Å². The molecule has 1 saturated heterocycles. The molecule has 2 aromatic heterocycles. The van der Waals surface area contributed by atoms with Crippen LogP contribution in [0.25, 0.3) is 11.2 Å². The van der Waals surface area contributed by atoms with Gasteiger partial charge in [0.1, 0.15) is 24.1 Å². The van der Waals surface area contributed by atoms with Crippen LogP contribution in [0.2, 0.25) is 0 Å². The number of aliphatic hydroxyl groups is 2. The van der Waals surface area contributed by atoms with Crippen molar-refractivity contribution in [2.75, 3.05) is 11.5 Å². The fraction of sp³-hybridized carbons (Fsp3) is 0.417. The van der Waals surface area contributed by atoms with Crippen LogP contribution in [0.5, 0.6) is 0 Å². The zero-order chi connectivity index (χ0) is 15.0. The molecule has 0 saturated carbocycles. The first kappa shape index (κ1) is 14.1. The van der Waals surface area contributed by atoms with E-state index in [1.165, 1.54) is 29.0 Å². The van der Waals surface area contributed by atoms with E-state index in [0.717, 1.165) is 0 Å². The van der Waals surface area contributed by atoms with Crippen molar-refractivity contribution < 1.29 is 14.9 Å². The summed E-state index contributed by atoms with van der Waals surface area (Å²) in [5.41, 5.74) is 6.57. The van der Waals surface area contributed by atoms with Gasteiger partial charge >= 0.3 is 0 Å². The van der Waals surface area contributed by atoms with E-state index in [-0.39, 0.29) is 5.82 Å². The lowest BCUT2D eigenvalue weighted by atomic mass is 10.1. The van der Waals surface area contributed by atoms with E-state index >= 15 is 0 Å². The van der Waals surface area contributed by atoms with Crippen LogP contribution >= 0.6 is 11.8 Å². The van der Waals surface area contributed by atoms with Crippen LogP contribution in [0.3, 0.4) is 0 Å². The standard InChI is InChI=1S/C12H13N5O3S/c1-2-21-3-6-8(18)9(19)12(20-6)17-5-16-7-10(13)14-4-15-11(7)17/h1,4-6,8-9,12,18-19H,3H2,(H2,13,14,15)/t6-,8-,9-,12-/m1/s1. The summed E-state index contributed by atoms with van der Waals surface area (Å²) in [4.78, 5) is 12.1. The molecule has 0 unspecified atom stereocenters. The monoisotopic (exact) mass is 307 g/mol. The number of terminal acetylenes is 1. The molecule has 0 spiro atoms. The lowest BCUT2D eigenvalue weighted by Crippen LogP contribution is -2.32. The molecule has 4 atom stereocenters. The van der Waals surface area contributed by atoms with Gasteiger partial charge in [-0.2, -0.15) is 0 Å². The van der Waals surface area contributed by atoms with Crippen LogP contribution in [0.4, 0.5) is 5.82 Å². The van der Waals surface area contributed by atoms with Crippen LogP contribution in [-0.4, -0.2) is 53.8 Å². The topological polar surface area (TPSA) is 119 Å². The average molecular weight is 307 g/mol. The van der Waals surface area contributed by atoms with E-state index < -0.39 is 24.5 Å². The van der Waals surface area contributed by atoms with Gasteiger partial charge in [0.25, 0.3) is 0 Å². The Morgan fingerprint density at radius 1 is 1.38 bits per heavy atom. The SMILES string of the molecule is C#CSC[C@H]1O[C@@H](n2cnc3c(N)ncnc32)[C@H](O)[C@@H]1O. The van der Waals surface area contributed by atoms with E-state index in [1.807, 2.05) is 0 Å². The van der Waals surface area contributed by atoms with Gasteiger partial charge in [-0.25, -0.2) is 15.0 Å². The minimum atomic E-state index is -1.11. The molecule has 2 aromatic rings. The van der Waals surface area contributed by atoms with Gasteiger partial charge in [0.05, 0.1) is 12.4 Å². The smallest absolute Gasteiger partial charge is 0.167 e. The Morgan fingerprint density at radius 3 is 2.95 bits per heavy atom. The number of nitrogens with two attached hydrogens (primary N) is 1. The molecule has 1 aliphatic rings. The molecule has 8 nitrogen and oxygen atoms in total. The number of nitrogen functional groups attached to an aromatic ring is 1. The Morgan fingerprint density at radius 2 is 2.19 bits per heavy atom. The number of fused-ring (bicyclic) bond motifs is 1. The molecule has 0 aliphatic carbocycles. The lowest BCUT2D eigenvalue weighted by Gasteiger charge is -2.16. The fourth-order valence-electron chi connectivity index (χ4n) is 2.28. The van der Waals surface area contributed by atoms with Crippen molar-refractivity contribution in [2.24, 2.45) is 0 Å². The second-order valence-electron chi connectivity index (χ2n) is 4.56. The largest absolute Gasteiger partial charge is 0.387 e. The summed E-state index contributed by atoms with van der Waals surface area (Å²) in [7, 11) is 0. The van der Waals surface area contributed by atoms with Crippen molar-refractivity contribution in [1.29, 1.82) is 0 Å². The van der Waals surface area contributed by atoms with Crippen LogP contribution in [0, 0.1) is 11.7 Å². The molecule has 9 heteroatoms. The van der Waals surface area contributed by atoms with Gasteiger partial charge < -0.3 is 20.7 Å². The molecular weight excluding hydrogens is 294 g/mol. The number of ether oxygens (including phenoxy) is 1. The fourth-order valence-corrected chi connectivity index (χ4v) is 2.82. The Kier molecular flexibility index (Phi) is 3.69. The molecule has 3 heterocycles. The highest BCUT2D eigenvalue weighted by molar-refractivity contribution is 8.03. The predicted molar refractivity (Wildman–Crippen MR) is 77.0 cm³/mol. The van der Waals surface area contributed by atoms with E-state index in [1.54, 1.807) is 0 Å². The number of rotatable bonds is 3. The summed E-state index contributed by atoms with van der Waals surface area (Å²) in [6.45, 7) is 0. The zero-order valence-corrected chi connectivity index (χ0v) is 11.6. The zero-order valence-electron chi connectivity index (χ0n) is 10.8. The van der Waals surface area contributed by atoms with Gasteiger partial charge in [0.15, 0.2) is 17.7 Å². The van der Waals surface area contributed by atoms with Crippen molar-refractivity contribution in [1.82, 2.24) is 19.5 Å². The summed E-state index contributed by atoms with van der Waals surface area (Å²) in [6, 6.07) is 0. The molecule has 1 aliphatic heterocycles. The summed E-state index contributed by atoms with van der Waals surface area (Å²) in [6.07, 6.45) is 4.42. The van der Waals surface area contributed by atoms with E-state index in [0.29, 0.717) is 16.9 Å². The average Bonchev–Trinajstić information content (AvgIpc) is 3.02. The molecule has 0 bridgehead atoms. The maximum Gasteiger partial charge on any atom is 0.167 e. The van der Waals surface area contributed by atoms with E-state index in [4.69, 9.17) is 16.9 Å². The van der Waals surface area contributed by atoms with Gasteiger partial charge in [-0.15, -0.1) is 6.42 Å². The van der Waals surface area contributed by atoms with E-state index in [2.05, 4.69) is 20.2 Å². The van der Waals surface area contributed by atoms with Gasteiger partial charge in [0, 0.05) is 5.75 Å². The third kappa shape index (κ3) is 2.32. The number of hydrogen-bond acceptors (Lipinski definition) is 8. The summed E-state index contributed by atoms with van der Waals surface area (Å²) in [5, 5.41) is 22.6. The second kappa shape index (κ2) is 5.50. The molecule has 3 rings (SSSR count). The summed E-state index contributed by atoms with van der Waals surface area (Å²) < 4.78 is 7.22. The van der Waals surface area contributed by atoms with Crippen molar-refractivity contribution in [3.63, 3.8) is 0 Å². The Hall–Kier alpha value is -1.86. The van der Waals surface area contributed by atoms with Crippen LogP contribution < -0.4 is 5.73 Å². The van der Waals surface area contributed by atoms with Crippen LogP contribution in [-0.2, 0) is 4.74 Å². The molecule has 21 heavy (non-hydrogen) atoms. The molecular formula is C12H13N5O3S. The van der Waals surface area contributed by atoms with Crippen molar-refractivity contribution in [3.8, 4) is 11.7 Å². The number of thioether (sulfide) groups is 1. The third-order valence-electron chi connectivity index (χ3n) is 3.33. The Bertz CT molecular complexity index is 700. The minimum Gasteiger partial charge on any atom is -0.387 e. The van der Waals surface area contributed by atoms with Gasteiger partial charge in [-0.3, -0.25) is 4.57 Å². The second-order valence-corrected chi connectivity index (χ2v) is 5.42. The highest BCUT2D eigenvalue weighted by Crippen LogP contribution is 2.33. The summed E-state index contributed by atoms with van der Waals surface area (Å²) in [5.74, 6) is 0.626. The molecule has 110 valence electrons. The molecule has 0 radical (unpaired) electrons. The van der Waals surface area contributed by atoms with Crippen molar-refractivity contribution in [2.45, 2.75) is 24.5 Å². The maximum absolute atomic E-state index is 10.2. The maximum atomic E-state index is 10.2. The van der Waals surface area contributed by atoms with Crippen LogP contribution in [0.1, 0.15) is 6.23 Å². The van der Waals surface area contributed by atoms with Crippen LogP contribution in [0.15, 0.2) is 12.7 Å². The van der Waals surface area contributed by atoms with E-state index in [9.17, 15) is 10.2 Å². The highest BCUT2D eigenvalue weighted by atomic mass is 32.2. The number of aliphatic hydroxyl groups excluding tert-OH is 2. The first-order valence-corrected chi connectivity index (χ1v) is 7.14. The number of hydrogen-bond donors (Lipinski definition) is 3.